The fraction of sp³-hybridized carbons (Fsp3) is 0.636. The summed E-state index contributed by atoms with van der Waals surface area (Å²) in [6.45, 7) is 2.73. The van der Waals surface area contributed by atoms with Gasteiger partial charge in [-0.2, -0.15) is 13.2 Å². The second kappa shape index (κ2) is 4.16. The Balaban J connectivity index is 2.02. The molecule has 94 valence electrons. The zero-order valence-corrected chi connectivity index (χ0v) is 9.51. The molecule has 1 saturated carbocycles. The van der Waals surface area contributed by atoms with E-state index in [2.05, 4.69) is 22.2 Å². The molecule has 0 aromatic carbocycles. The van der Waals surface area contributed by atoms with Gasteiger partial charge in [-0.3, -0.25) is 0 Å². The van der Waals surface area contributed by atoms with E-state index in [1.54, 1.807) is 0 Å². The van der Waals surface area contributed by atoms with E-state index >= 15 is 0 Å². The molecule has 2 rings (SSSR count). The Hall–Kier alpha value is -1.33. The summed E-state index contributed by atoms with van der Waals surface area (Å²) in [6.07, 6.45) is -0.0189. The summed E-state index contributed by atoms with van der Waals surface area (Å²) in [6, 6.07) is 0.873. The van der Waals surface area contributed by atoms with Crippen LogP contribution in [-0.2, 0) is 6.18 Å². The Labute approximate surface area is 97.5 Å². The van der Waals surface area contributed by atoms with Gasteiger partial charge < -0.3 is 5.32 Å². The van der Waals surface area contributed by atoms with Gasteiger partial charge >= 0.3 is 6.18 Å². The van der Waals surface area contributed by atoms with Crippen molar-refractivity contribution < 1.29 is 13.2 Å². The summed E-state index contributed by atoms with van der Waals surface area (Å²) in [5.74, 6) is 0.0551. The van der Waals surface area contributed by atoms with Gasteiger partial charge in [0.25, 0.3) is 0 Å². The zero-order chi connectivity index (χ0) is 12.5. The predicted molar refractivity (Wildman–Crippen MR) is 57.5 cm³/mol. The molecule has 1 aliphatic rings. The van der Waals surface area contributed by atoms with Crippen molar-refractivity contribution >= 4 is 5.95 Å². The van der Waals surface area contributed by atoms with Gasteiger partial charge in [0.1, 0.15) is 5.69 Å². The molecule has 0 radical (unpaired) electrons. The third-order valence-corrected chi connectivity index (χ3v) is 3.27. The minimum Gasteiger partial charge on any atom is -0.354 e. The molecular weight excluding hydrogens is 231 g/mol. The SMILES string of the molecule is CCC1(CNc2nccc(C(F)(F)F)n2)CC1. The predicted octanol–water partition coefficient (Wildman–Crippen LogP) is 3.10. The standard InChI is InChI=1S/C11H14F3N3/c1-2-10(4-5-10)7-16-9-15-6-3-8(17-9)11(12,13)14/h3,6H,2,4-5,7H2,1H3,(H,15,16,17). The summed E-state index contributed by atoms with van der Waals surface area (Å²) in [5, 5.41) is 2.89. The van der Waals surface area contributed by atoms with Crippen molar-refractivity contribution in [2.75, 3.05) is 11.9 Å². The monoisotopic (exact) mass is 245 g/mol. The van der Waals surface area contributed by atoms with E-state index in [9.17, 15) is 13.2 Å². The Morgan fingerprint density at radius 3 is 2.65 bits per heavy atom. The fourth-order valence-corrected chi connectivity index (χ4v) is 1.70. The molecule has 1 heterocycles. The van der Waals surface area contributed by atoms with Gasteiger partial charge in [-0.1, -0.05) is 6.92 Å². The number of halogens is 3. The van der Waals surface area contributed by atoms with Crippen LogP contribution in [0.1, 0.15) is 31.9 Å². The highest BCUT2D eigenvalue weighted by molar-refractivity contribution is 5.27. The number of hydrogen-bond donors (Lipinski definition) is 1. The number of hydrogen-bond acceptors (Lipinski definition) is 3. The highest BCUT2D eigenvalue weighted by Crippen LogP contribution is 2.48. The van der Waals surface area contributed by atoms with E-state index < -0.39 is 11.9 Å². The van der Waals surface area contributed by atoms with Gasteiger partial charge in [0.2, 0.25) is 5.95 Å². The van der Waals surface area contributed by atoms with E-state index in [4.69, 9.17) is 0 Å². The van der Waals surface area contributed by atoms with Crippen molar-refractivity contribution in [1.29, 1.82) is 0 Å². The molecule has 0 bridgehead atoms. The van der Waals surface area contributed by atoms with Crippen LogP contribution in [-0.4, -0.2) is 16.5 Å². The molecule has 6 heteroatoms. The molecule has 1 fully saturated rings. The number of nitrogens with zero attached hydrogens (tertiary/aromatic N) is 2. The van der Waals surface area contributed by atoms with E-state index in [1.165, 1.54) is 0 Å². The van der Waals surface area contributed by atoms with Crippen molar-refractivity contribution in [3.63, 3.8) is 0 Å². The van der Waals surface area contributed by atoms with Crippen LogP contribution in [0.2, 0.25) is 0 Å². The van der Waals surface area contributed by atoms with Crippen molar-refractivity contribution in [2.24, 2.45) is 5.41 Å². The first-order valence-corrected chi connectivity index (χ1v) is 5.59. The van der Waals surface area contributed by atoms with Crippen LogP contribution in [0.25, 0.3) is 0 Å². The number of anilines is 1. The minimum atomic E-state index is -4.42. The summed E-state index contributed by atoms with van der Waals surface area (Å²) < 4.78 is 37.2. The van der Waals surface area contributed by atoms with E-state index in [-0.39, 0.29) is 11.4 Å². The smallest absolute Gasteiger partial charge is 0.354 e. The summed E-state index contributed by atoms with van der Waals surface area (Å²) >= 11 is 0. The van der Waals surface area contributed by atoms with Gasteiger partial charge in [0.15, 0.2) is 0 Å². The van der Waals surface area contributed by atoms with Crippen LogP contribution in [0.3, 0.4) is 0 Å². The molecule has 17 heavy (non-hydrogen) atoms. The van der Waals surface area contributed by atoms with Crippen molar-refractivity contribution in [2.45, 2.75) is 32.4 Å². The van der Waals surface area contributed by atoms with Crippen LogP contribution in [0.4, 0.5) is 19.1 Å². The van der Waals surface area contributed by atoms with Crippen LogP contribution >= 0.6 is 0 Å². The lowest BCUT2D eigenvalue weighted by Crippen LogP contribution is -2.17. The third-order valence-electron chi connectivity index (χ3n) is 3.27. The molecule has 1 aromatic rings. The molecule has 1 aliphatic carbocycles. The number of aromatic nitrogens is 2. The maximum absolute atomic E-state index is 12.4. The van der Waals surface area contributed by atoms with Crippen LogP contribution in [0.15, 0.2) is 12.3 Å². The van der Waals surface area contributed by atoms with Crippen molar-refractivity contribution in [1.82, 2.24) is 9.97 Å². The van der Waals surface area contributed by atoms with Crippen LogP contribution in [0, 0.1) is 5.41 Å². The van der Waals surface area contributed by atoms with Crippen molar-refractivity contribution in [3.05, 3.63) is 18.0 Å². The molecule has 0 unspecified atom stereocenters. The first-order valence-electron chi connectivity index (χ1n) is 5.59. The molecule has 0 aliphatic heterocycles. The Bertz CT molecular complexity index is 399. The molecule has 0 saturated heterocycles. The highest BCUT2D eigenvalue weighted by atomic mass is 19.4. The Morgan fingerprint density at radius 1 is 1.41 bits per heavy atom. The maximum atomic E-state index is 12.4. The molecular formula is C11H14F3N3. The summed E-state index contributed by atoms with van der Waals surface area (Å²) in [4.78, 5) is 7.26. The van der Waals surface area contributed by atoms with Gasteiger partial charge in [-0.25, -0.2) is 9.97 Å². The summed E-state index contributed by atoms with van der Waals surface area (Å²) in [7, 11) is 0. The average molecular weight is 245 g/mol. The minimum absolute atomic E-state index is 0.0551. The first kappa shape index (κ1) is 12.1. The van der Waals surface area contributed by atoms with Gasteiger partial charge in [-0.05, 0) is 30.7 Å². The molecule has 0 atom stereocenters. The molecule has 3 nitrogen and oxygen atoms in total. The van der Waals surface area contributed by atoms with Crippen LogP contribution in [0.5, 0.6) is 0 Å². The van der Waals surface area contributed by atoms with Gasteiger partial charge in [0.05, 0.1) is 0 Å². The highest BCUT2D eigenvalue weighted by Gasteiger charge is 2.40. The lowest BCUT2D eigenvalue weighted by atomic mass is 10.0. The van der Waals surface area contributed by atoms with Gasteiger partial charge in [0, 0.05) is 12.7 Å². The molecule has 1 aromatic heterocycles. The normalized spacial score (nSPS) is 17.9. The quantitative estimate of drug-likeness (QED) is 0.885. The second-order valence-electron chi connectivity index (χ2n) is 4.47. The fourth-order valence-electron chi connectivity index (χ4n) is 1.70. The zero-order valence-electron chi connectivity index (χ0n) is 9.51. The second-order valence-corrected chi connectivity index (χ2v) is 4.47. The van der Waals surface area contributed by atoms with E-state index in [0.29, 0.717) is 6.54 Å². The number of rotatable bonds is 4. The lowest BCUT2D eigenvalue weighted by Gasteiger charge is -2.14. The molecule has 0 amide bonds. The maximum Gasteiger partial charge on any atom is 0.433 e. The summed E-state index contributed by atoms with van der Waals surface area (Å²) in [5.41, 5.74) is -0.659. The molecule has 0 spiro atoms. The molecule has 1 N–H and O–H groups in total. The third kappa shape index (κ3) is 2.87. The Morgan fingerprint density at radius 2 is 2.12 bits per heavy atom. The Kier molecular flexibility index (Phi) is 2.97. The van der Waals surface area contributed by atoms with Crippen molar-refractivity contribution in [3.8, 4) is 0 Å². The first-order chi connectivity index (χ1) is 7.95. The van der Waals surface area contributed by atoms with Gasteiger partial charge in [-0.15, -0.1) is 0 Å². The average Bonchev–Trinajstić information content (AvgIpc) is 3.06. The lowest BCUT2D eigenvalue weighted by molar-refractivity contribution is -0.141. The largest absolute Gasteiger partial charge is 0.433 e. The number of nitrogens with one attached hydrogen (secondary N) is 1. The number of alkyl halides is 3. The topological polar surface area (TPSA) is 37.8 Å². The van der Waals surface area contributed by atoms with E-state index in [0.717, 1.165) is 31.5 Å². The van der Waals surface area contributed by atoms with E-state index in [1.807, 2.05) is 0 Å². The van der Waals surface area contributed by atoms with Crippen LogP contribution < -0.4 is 5.32 Å².